The lowest BCUT2D eigenvalue weighted by Crippen LogP contribution is -3.00. The quantitative estimate of drug-likeness (QED) is 0.708. The van der Waals surface area contributed by atoms with E-state index in [4.69, 9.17) is 0 Å². The molecule has 1 aliphatic rings. The van der Waals surface area contributed by atoms with E-state index >= 15 is 0 Å². The van der Waals surface area contributed by atoms with Gasteiger partial charge in [-0.1, -0.05) is 31.4 Å². The summed E-state index contributed by atoms with van der Waals surface area (Å²) in [5, 5.41) is 0.767. The Hall–Kier alpha value is -0.740. The van der Waals surface area contributed by atoms with Crippen LogP contribution in [-0.4, -0.2) is 0 Å². The molecule has 20 heavy (non-hydrogen) atoms. The molecule has 1 heterocycles. The van der Waals surface area contributed by atoms with Crippen LogP contribution >= 0.6 is 10.5 Å². The molecule has 0 bridgehead atoms. The topological polar surface area (TPSA) is 0 Å². The molecule has 1 aromatic carbocycles. The van der Waals surface area contributed by atoms with Crippen molar-refractivity contribution < 1.29 is 25.6 Å². The van der Waals surface area contributed by atoms with Crippen LogP contribution in [0.1, 0.15) is 42.9 Å². The van der Waals surface area contributed by atoms with Gasteiger partial charge in [-0.25, -0.2) is 0 Å². The highest BCUT2D eigenvalue weighted by molar-refractivity contribution is 7.38. The maximum Gasteiger partial charge on any atom is 0.600 e. The van der Waals surface area contributed by atoms with E-state index in [1.54, 1.807) is 18.2 Å². The van der Waals surface area contributed by atoms with Gasteiger partial charge in [-0.05, 0) is 25.0 Å². The van der Waals surface area contributed by atoms with Crippen molar-refractivity contribution in [1.29, 1.82) is 0 Å². The molecule has 0 saturated heterocycles. The van der Waals surface area contributed by atoms with E-state index in [1.807, 2.05) is 12.1 Å². The molecule has 0 spiro atoms. The lowest BCUT2D eigenvalue weighted by atomic mass is 9.88. The SMILES string of the molecule is FC(F)(F)[s+]1c(C2CCCCC2)cc2ccccc21.[Cl-]. The molecule has 3 rings (SSSR count). The van der Waals surface area contributed by atoms with Crippen LogP contribution in [0, 0.1) is 0 Å². The van der Waals surface area contributed by atoms with Gasteiger partial charge in [0.15, 0.2) is 9.58 Å². The number of thiophene rings is 1. The van der Waals surface area contributed by atoms with Crippen LogP contribution in [-0.2, 0) is 5.51 Å². The summed E-state index contributed by atoms with van der Waals surface area (Å²) in [6.45, 7) is 0. The Labute approximate surface area is 125 Å². The van der Waals surface area contributed by atoms with E-state index in [2.05, 4.69) is 0 Å². The Bertz CT molecular complexity index is 582. The van der Waals surface area contributed by atoms with E-state index in [1.165, 1.54) is 0 Å². The van der Waals surface area contributed by atoms with Gasteiger partial charge in [0.05, 0.1) is 10.5 Å². The fourth-order valence-corrected chi connectivity index (χ4v) is 5.22. The molecule has 1 unspecified atom stereocenters. The van der Waals surface area contributed by atoms with Crippen LogP contribution in [0.15, 0.2) is 30.3 Å². The summed E-state index contributed by atoms with van der Waals surface area (Å²) in [4.78, 5) is 0.633. The van der Waals surface area contributed by atoms with Crippen molar-refractivity contribution in [2.75, 3.05) is 0 Å². The van der Waals surface area contributed by atoms with Crippen molar-refractivity contribution >= 4 is 20.6 Å². The normalized spacial score (nSPS) is 18.1. The highest BCUT2D eigenvalue weighted by Crippen LogP contribution is 2.54. The molecule has 1 fully saturated rings. The third-order valence-corrected chi connectivity index (χ3v) is 6.11. The van der Waals surface area contributed by atoms with Crippen LogP contribution in [0.25, 0.3) is 10.1 Å². The average molecular weight is 321 g/mol. The smallest absolute Gasteiger partial charge is 0.600 e. The molecule has 0 nitrogen and oxygen atoms in total. The van der Waals surface area contributed by atoms with Gasteiger partial charge in [-0.15, -0.1) is 13.2 Å². The second-order valence-electron chi connectivity index (χ2n) is 5.17. The molecule has 1 aliphatic carbocycles. The number of fused-ring (bicyclic) bond motifs is 1. The van der Waals surface area contributed by atoms with Gasteiger partial charge in [-0.3, -0.25) is 0 Å². The van der Waals surface area contributed by atoms with Crippen LogP contribution in [0.2, 0.25) is 0 Å². The monoisotopic (exact) mass is 320 g/mol. The standard InChI is InChI=1S/C15H16F3S.ClH/c16-15(17,18)19-13-9-5-4-8-12(13)10-14(19)11-6-2-1-3-7-11;/h4-5,8-11H,1-3,6-7H2;1H/q+1;/p-1. The molecule has 0 N–H and O–H groups in total. The van der Waals surface area contributed by atoms with Gasteiger partial charge >= 0.3 is 5.51 Å². The molecule has 0 amide bonds. The Balaban J connectivity index is 0.00000147. The van der Waals surface area contributed by atoms with E-state index in [-0.39, 0.29) is 18.3 Å². The number of alkyl halides is 3. The fourth-order valence-electron chi connectivity index (χ4n) is 3.05. The molecule has 0 aliphatic heterocycles. The van der Waals surface area contributed by atoms with E-state index in [9.17, 15) is 13.2 Å². The van der Waals surface area contributed by atoms with Crippen molar-refractivity contribution in [2.45, 2.75) is 43.5 Å². The predicted octanol–water partition coefficient (Wildman–Crippen LogP) is 3.12. The first kappa shape index (κ1) is 15.6. The van der Waals surface area contributed by atoms with Crippen molar-refractivity contribution in [3.8, 4) is 0 Å². The minimum atomic E-state index is -4.14. The lowest BCUT2D eigenvalue weighted by Gasteiger charge is -2.18. The van der Waals surface area contributed by atoms with Crippen LogP contribution in [0.5, 0.6) is 0 Å². The highest BCUT2D eigenvalue weighted by atomic mass is 35.5. The summed E-state index contributed by atoms with van der Waals surface area (Å²) in [6, 6.07) is 8.77. The number of hydrogen-bond acceptors (Lipinski definition) is 0. The second-order valence-corrected chi connectivity index (χ2v) is 7.16. The minimum Gasteiger partial charge on any atom is -1.00 e. The molecule has 1 aromatic heterocycles. The summed E-state index contributed by atoms with van der Waals surface area (Å²) >= 11 is 0. The number of benzene rings is 1. The zero-order valence-electron chi connectivity index (χ0n) is 10.9. The van der Waals surface area contributed by atoms with E-state index in [0.717, 1.165) is 37.5 Å². The highest BCUT2D eigenvalue weighted by Gasteiger charge is 2.49. The summed E-state index contributed by atoms with van der Waals surface area (Å²) in [6.07, 6.45) is 5.12. The van der Waals surface area contributed by atoms with E-state index in [0.29, 0.717) is 9.58 Å². The zero-order chi connectivity index (χ0) is 13.5. The minimum absolute atomic E-state index is 0. The van der Waals surface area contributed by atoms with Crippen LogP contribution in [0.3, 0.4) is 0 Å². The van der Waals surface area contributed by atoms with Gasteiger partial charge in [0.1, 0.15) is 0 Å². The van der Waals surface area contributed by atoms with Crippen molar-refractivity contribution in [2.24, 2.45) is 0 Å². The van der Waals surface area contributed by atoms with E-state index < -0.39 is 16.0 Å². The van der Waals surface area contributed by atoms with Gasteiger partial charge in [0.2, 0.25) is 0 Å². The maximum absolute atomic E-state index is 13.4. The molecule has 1 saturated carbocycles. The Morgan fingerprint density at radius 3 is 2.30 bits per heavy atom. The molecule has 0 radical (unpaired) electrons. The first-order chi connectivity index (χ1) is 9.07. The average Bonchev–Trinajstić information content (AvgIpc) is 2.79. The summed E-state index contributed by atoms with van der Waals surface area (Å²) in [5.74, 6) is 0.131. The summed E-state index contributed by atoms with van der Waals surface area (Å²) < 4.78 is 40.7. The molecular weight excluding hydrogens is 305 g/mol. The molecule has 110 valence electrons. The van der Waals surface area contributed by atoms with Gasteiger partial charge in [0.25, 0.3) is 0 Å². The van der Waals surface area contributed by atoms with Crippen LogP contribution < -0.4 is 12.4 Å². The largest absolute Gasteiger partial charge is 1.00 e. The molecule has 2 aromatic rings. The first-order valence-corrected chi connectivity index (χ1v) is 7.91. The van der Waals surface area contributed by atoms with Crippen molar-refractivity contribution in [3.05, 3.63) is 35.2 Å². The first-order valence-electron chi connectivity index (χ1n) is 6.69. The molecule has 1 atom stereocenters. The third-order valence-electron chi connectivity index (χ3n) is 3.91. The lowest BCUT2D eigenvalue weighted by molar-refractivity contribution is -0.0868. The summed E-state index contributed by atoms with van der Waals surface area (Å²) in [5.41, 5.74) is -4.14. The van der Waals surface area contributed by atoms with Gasteiger partial charge in [-0.2, -0.15) is 0 Å². The molecule has 5 heteroatoms. The van der Waals surface area contributed by atoms with Crippen LogP contribution in [0.4, 0.5) is 13.2 Å². The Morgan fingerprint density at radius 1 is 1.00 bits per heavy atom. The van der Waals surface area contributed by atoms with Crippen molar-refractivity contribution in [1.82, 2.24) is 0 Å². The van der Waals surface area contributed by atoms with Crippen molar-refractivity contribution in [3.63, 3.8) is 0 Å². The fraction of sp³-hybridized carbons (Fsp3) is 0.467. The predicted molar refractivity (Wildman–Crippen MR) is 73.6 cm³/mol. The van der Waals surface area contributed by atoms with Gasteiger partial charge < -0.3 is 12.4 Å². The summed E-state index contributed by atoms with van der Waals surface area (Å²) in [7, 11) is -1.69. The zero-order valence-corrected chi connectivity index (χ0v) is 12.5. The number of rotatable bonds is 1. The van der Waals surface area contributed by atoms with Gasteiger partial charge in [0, 0.05) is 17.4 Å². The third kappa shape index (κ3) is 2.82. The second kappa shape index (κ2) is 5.94. The molecular formula is C15H16ClF3S. The Kier molecular flexibility index (Phi) is 4.65. The Morgan fingerprint density at radius 2 is 1.65 bits per heavy atom. The number of halogens is 4. The maximum atomic E-state index is 13.4. The number of hydrogen-bond donors (Lipinski definition) is 0.